The number of hydrogen-bond acceptors (Lipinski definition) is 7. The number of benzene rings is 2. The number of hydrogen-bond donors (Lipinski definition) is 1. The third-order valence-corrected chi connectivity index (χ3v) is 6.24. The van der Waals surface area contributed by atoms with E-state index in [1.807, 2.05) is 17.7 Å². The van der Waals surface area contributed by atoms with Crippen LogP contribution in [0.1, 0.15) is 36.9 Å². The average molecular weight is 506 g/mol. The van der Waals surface area contributed by atoms with E-state index in [1.165, 1.54) is 12.0 Å². The molecule has 194 valence electrons. The van der Waals surface area contributed by atoms with Gasteiger partial charge in [-0.05, 0) is 54.8 Å². The van der Waals surface area contributed by atoms with Crippen LogP contribution in [-0.4, -0.2) is 58.6 Å². The number of aliphatic hydroxyl groups excluding tert-OH is 1. The molecule has 0 bridgehead atoms. The molecule has 2 aromatic carbocycles. The Hall–Kier alpha value is -4.27. The van der Waals surface area contributed by atoms with Crippen molar-refractivity contribution >= 4 is 17.4 Å². The highest BCUT2D eigenvalue weighted by Crippen LogP contribution is 2.42. The first-order chi connectivity index (χ1) is 18.0. The van der Waals surface area contributed by atoms with Crippen LogP contribution in [0.15, 0.2) is 66.8 Å². The molecule has 1 saturated heterocycles. The number of aromatic nitrogens is 2. The number of rotatable bonds is 11. The van der Waals surface area contributed by atoms with Crippen LogP contribution >= 0.6 is 0 Å². The number of methoxy groups -OCH3 is 2. The molecule has 0 radical (unpaired) electrons. The maximum atomic E-state index is 13.3. The lowest BCUT2D eigenvalue weighted by Gasteiger charge is -2.26. The molecule has 1 unspecified atom stereocenters. The predicted octanol–water partition coefficient (Wildman–Crippen LogP) is 4.20. The third-order valence-electron chi connectivity index (χ3n) is 6.24. The zero-order valence-corrected chi connectivity index (χ0v) is 21.2. The first kappa shape index (κ1) is 25.8. The Bertz CT molecular complexity index is 1270. The molecule has 9 nitrogen and oxygen atoms in total. The highest BCUT2D eigenvalue weighted by atomic mass is 16.5. The largest absolute Gasteiger partial charge is 0.507 e. The van der Waals surface area contributed by atoms with Crippen molar-refractivity contribution in [2.45, 2.75) is 32.4 Å². The standard InChI is InChI=1S/C28H31N3O6/c1-4-16-37-22-11-8-20(17-23(22)36-3)25-24(26(32)19-6-9-21(35-2)10-7-19)27(33)28(34)31(25)14-5-13-30-15-12-29-18-30/h6-12,15,17-18,25,32H,4-5,13-14,16H2,1-3H3/b26-24+. The lowest BCUT2D eigenvalue weighted by Crippen LogP contribution is -2.31. The quantitative estimate of drug-likeness (QED) is 0.237. The average Bonchev–Trinajstić information content (AvgIpc) is 3.54. The van der Waals surface area contributed by atoms with E-state index in [4.69, 9.17) is 14.2 Å². The Morgan fingerprint density at radius 3 is 2.46 bits per heavy atom. The van der Waals surface area contributed by atoms with Gasteiger partial charge in [-0.15, -0.1) is 0 Å². The predicted molar refractivity (Wildman–Crippen MR) is 138 cm³/mol. The Morgan fingerprint density at radius 1 is 1.03 bits per heavy atom. The molecule has 3 aromatic rings. The SMILES string of the molecule is CCCOc1ccc(C2/C(=C(\O)c3ccc(OC)cc3)C(=O)C(=O)N2CCCn2ccnc2)cc1OC. The fourth-order valence-electron chi connectivity index (χ4n) is 4.39. The summed E-state index contributed by atoms with van der Waals surface area (Å²) in [4.78, 5) is 32.1. The number of aliphatic hydroxyl groups is 1. The number of amides is 1. The van der Waals surface area contributed by atoms with Gasteiger partial charge in [-0.2, -0.15) is 0 Å². The summed E-state index contributed by atoms with van der Waals surface area (Å²) < 4.78 is 18.4. The third kappa shape index (κ3) is 5.45. The van der Waals surface area contributed by atoms with E-state index in [9.17, 15) is 14.7 Å². The van der Waals surface area contributed by atoms with Gasteiger partial charge in [0.25, 0.3) is 11.7 Å². The number of Topliss-reactive ketones (excluding diaryl/α,β-unsaturated/α-hetero) is 1. The number of nitrogens with zero attached hydrogens (tertiary/aromatic N) is 3. The van der Waals surface area contributed by atoms with Gasteiger partial charge in [-0.3, -0.25) is 9.59 Å². The van der Waals surface area contributed by atoms with Crippen LogP contribution in [0.5, 0.6) is 17.2 Å². The number of ketones is 1. The fourth-order valence-corrected chi connectivity index (χ4v) is 4.39. The molecule has 0 spiro atoms. The Labute approximate surface area is 215 Å². The molecule has 37 heavy (non-hydrogen) atoms. The molecule has 1 N–H and O–H groups in total. The first-order valence-electron chi connectivity index (χ1n) is 12.2. The number of imidazole rings is 1. The molecule has 0 aliphatic carbocycles. The maximum absolute atomic E-state index is 13.3. The second-order valence-corrected chi connectivity index (χ2v) is 8.63. The Kier molecular flexibility index (Phi) is 8.12. The molecule has 1 fully saturated rings. The van der Waals surface area contributed by atoms with E-state index in [0.717, 1.165) is 6.42 Å². The minimum atomic E-state index is -0.793. The van der Waals surface area contributed by atoms with Crippen LogP contribution < -0.4 is 14.2 Å². The summed E-state index contributed by atoms with van der Waals surface area (Å²) in [5.41, 5.74) is 1.08. The summed E-state index contributed by atoms with van der Waals surface area (Å²) in [7, 11) is 3.09. The molecule has 1 aliphatic rings. The van der Waals surface area contributed by atoms with Gasteiger partial charge >= 0.3 is 0 Å². The summed E-state index contributed by atoms with van der Waals surface area (Å²) in [5, 5.41) is 11.3. The number of carbonyl (C=O) groups is 2. The van der Waals surface area contributed by atoms with Gasteiger partial charge in [0.15, 0.2) is 11.5 Å². The zero-order chi connectivity index (χ0) is 26.4. The van der Waals surface area contributed by atoms with Crippen molar-refractivity contribution in [1.29, 1.82) is 0 Å². The number of carbonyl (C=O) groups excluding carboxylic acids is 2. The van der Waals surface area contributed by atoms with Crippen LogP contribution in [0.4, 0.5) is 0 Å². The molecular weight excluding hydrogens is 474 g/mol. The smallest absolute Gasteiger partial charge is 0.295 e. The molecule has 4 rings (SSSR count). The van der Waals surface area contributed by atoms with E-state index < -0.39 is 17.7 Å². The van der Waals surface area contributed by atoms with Crippen molar-refractivity contribution < 1.29 is 28.9 Å². The van der Waals surface area contributed by atoms with E-state index in [-0.39, 0.29) is 11.3 Å². The van der Waals surface area contributed by atoms with Crippen molar-refractivity contribution in [2.75, 3.05) is 27.4 Å². The summed E-state index contributed by atoms with van der Waals surface area (Å²) in [6.45, 7) is 3.47. The molecular formula is C28H31N3O6. The van der Waals surface area contributed by atoms with Crippen molar-refractivity contribution in [2.24, 2.45) is 0 Å². The number of ether oxygens (including phenoxy) is 3. The fraction of sp³-hybridized carbons (Fsp3) is 0.321. The summed E-state index contributed by atoms with van der Waals surface area (Å²) >= 11 is 0. The van der Waals surface area contributed by atoms with Crippen LogP contribution in [-0.2, 0) is 16.1 Å². The van der Waals surface area contributed by atoms with Crippen LogP contribution in [0.2, 0.25) is 0 Å². The van der Waals surface area contributed by atoms with Crippen molar-refractivity contribution in [1.82, 2.24) is 14.5 Å². The molecule has 1 aliphatic heterocycles. The van der Waals surface area contributed by atoms with Gasteiger partial charge in [0.1, 0.15) is 11.5 Å². The van der Waals surface area contributed by atoms with Crippen LogP contribution in [0, 0.1) is 0 Å². The van der Waals surface area contributed by atoms with Gasteiger partial charge in [-0.1, -0.05) is 13.0 Å². The summed E-state index contributed by atoms with van der Waals surface area (Å²) in [6, 6.07) is 11.2. The minimum absolute atomic E-state index is 0.0297. The first-order valence-corrected chi connectivity index (χ1v) is 12.2. The van der Waals surface area contributed by atoms with Gasteiger partial charge < -0.3 is 28.8 Å². The normalized spacial score (nSPS) is 16.7. The zero-order valence-electron chi connectivity index (χ0n) is 21.2. The van der Waals surface area contributed by atoms with Crippen molar-refractivity contribution in [3.63, 3.8) is 0 Å². The van der Waals surface area contributed by atoms with E-state index in [2.05, 4.69) is 4.98 Å². The molecule has 0 saturated carbocycles. The number of likely N-dealkylation sites (tertiary alicyclic amines) is 1. The van der Waals surface area contributed by atoms with Crippen LogP contribution in [0.25, 0.3) is 5.76 Å². The highest BCUT2D eigenvalue weighted by Gasteiger charge is 2.46. The van der Waals surface area contributed by atoms with Gasteiger partial charge in [-0.25, -0.2) is 4.98 Å². The van der Waals surface area contributed by atoms with Crippen LogP contribution in [0.3, 0.4) is 0 Å². The van der Waals surface area contributed by atoms with E-state index in [0.29, 0.717) is 54.5 Å². The van der Waals surface area contributed by atoms with Gasteiger partial charge in [0, 0.05) is 31.0 Å². The van der Waals surface area contributed by atoms with E-state index >= 15 is 0 Å². The lowest BCUT2D eigenvalue weighted by atomic mass is 9.95. The topological polar surface area (TPSA) is 103 Å². The molecule has 1 aromatic heterocycles. The van der Waals surface area contributed by atoms with Crippen molar-refractivity contribution in [3.05, 3.63) is 77.9 Å². The molecule has 1 atom stereocenters. The Balaban J connectivity index is 1.75. The Morgan fingerprint density at radius 2 is 1.81 bits per heavy atom. The monoisotopic (exact) mass is 505 g/mol. The van der Waals surface area contributed by atoms with E-state index in [1.54, 1.807) is 62.1 Å². The van der Waals surface area contributed by atoms with Crippen molar-refractivity contribution in [3.8, 4) is 17.2 Å². The summed E-state index contributed by atoms with van der Waals surface area (Å²) in [6.07, 6.45) is 6.67. The molecule has 9 heteroatoms. The lowest BCUT2D eigenvalue weighted by molar-refractivity contribution is -0.139. The molecule has 1 amide bonds. The van der Waals surface area contributed by atoms with Gasteiger partial charge in [0.2, 0.25) is 0 Å². The second-order valence-electron chi connectivity index (χ2n) is 8.63. The maximum Gasteiger partial charge on any atom is 0.295 e. The van der Waals surface area contributed by atoms with Gasteiger partial charge in [0.05, 0.1) is 38.8 Å². The highest BCUT2D eigenvalue weighted by molar-refractivity contribution is 6.46. The molecule has 2 heterocycles. The summed E-state index contributed by atoms with van der Waals surface area (Å²) in [5.74, 6) is 0.0377. The minimum Gasteiger partial charge on any atom is -0.507 e. The second kappa shape index (κ2) is 11.6. The number of aryl methyl sites for hydroxylation is 1.